The Morgan fingerprint density at radius 3 is 2.74 bits per heavy atom. The van der Waals surface area contributed by atoms with Gasteiger partial charge in [0.25, 0.3) is 0 Å². The van der Waals surface area contributed by atoms with E-state index in [0.29, 0.717) is 12.3 Å². The molecule has 3 aliphatic heterocycles. The molecule has 1 N–H and O–H groups in total. The maximum absolute atomic E-state index is 12.9. The Labute approximate surface area is 200 Å². The molecule has 0 aromatic heterocycles. The molecular weight excluding hydrogens is 422 g/mol. The van der Waals surface area contributed by atoms with Gasteiger partial charge in [0, 0.05) is 49.4 Å². The lowest BCUT2D eigenvalue weighted by molar-refractivity contribution is -0.132. The van der Waals surface area contributed by atoms with Gasteiger partial charge in [0.1, 0.15) is 0 Å². The van der Waals surface area contributed by atoms with E-state index in [4.69, 9.17) is 0 Å². The summed E-state index contributed by atoms with van der Waals surface area (Å²) in [6.07, 6.45) is 3.22. The molecule has 1 saturated heterocycles. The lowest BCUT2D eigenvalue weighted by Crippen LogP contribution is -2.40. The SMILES string of the molecule is Cc1cc2c3c(cccc3c1)N(CCCC(=O)N1CCC(C3C(=O)Nc4ccccc43)CC1)C2. The van der Waals surface area contributed by atoms with E-state index in [9.17, 15) is 9.59 Å². The fourth-order valence-corrected chi connectivity index (χ4v) is 6.30. The minimum absolute atomic E-state index is 0.0726. The van der Waals surface area contributed by atoms with Crippen LogP contribution >= 0.6 is 0 Å². The number of hydrogen-bond donors (Lipinski definition) is 1. The van der Waals surface area contributed by atoms with E-state index >= 15 is 0 Å². The van der Waals surface area contributed by atoms with Gasteiger partial charge in [0.05, 0.1) is 5.92 Å². The van der Waals surface area contributed by atoms with Gasteiger partial charge in [-0.05, 0) is 60.7 Å². The number of likely N-dealkylation sites (tertiary alicyclic amines) is 1. The fourth-order valence-electron chi connectivity index (χ4n) is 6.30. The number of benzene rings is 3. The molecule has 0 bridgehead atoms. The van der Waals surface area contributed by atoms with Crippen molar-refractivity contribution in [1.29, 1.82) is 0 Å². The Balaban J connectivity index is 1.02. The number of amides is 2. The van der Waals surface area contributed by atoms with Crippen molar-refractivity contribution in [3.63, 3.8) is 0 Å². The number of hydrogen-bond acceptors (Lipinski definition) is 3. The second kappa shape index (κ2) is 8.46. The normalized spacial score (nSPS) is 19.6. The molecule has 0 saturated carbocycles. The second-order valence-electron chi connectivity index (χ2n) is 10.1. The van der Waals surface area contributed by atoms with Crippen LogP contribution in [0.2, 0.25) is 0 Å². The van der Waals surface area contributed by atoms with Crippen molar-refractivity contribution in [3.05, 3.63) is 71.3 Å². The Bertz CT molecular complexity index is 1280. The molecule has 1 unspecified atom stereocenters. The fraction of sp³-hybridized carbons (Fsp3) is 0.379. The molecule has 3 aromatic carbocycles. The van der Waals surface area contributed by atoms with Gasteiger partial charge in [-0.15, -0.1) is 0 Å². The van der Waals surface area contributed by atoms with E-state index in [1.54, 1.807) is 0 Å². The standard InChI is InChI=1S/C29H31N3O2/c1-19-16-21-6-4-9-25-27(21)22(17-19)18-32(25)13-5-10-26(33)31-14-11-20(12-15-31)28-23-7-2-3-8-24(23)30-29(28)34/h2-4,6-9,16-17,20,28H,5,10-15,18H2,1H3,(H,30,34). The first-order valence-corrected chi connectivity index (χ1v) is 12.5. The van der Waals surface area contributed by atoms with Crippen molar-refractivity contribution in [2.75, 3.05) is 29.9 Å². The molecule has 0 aliphatic carbocycles. The number of piperidine rings is 1. The highest BCUT2D eigenvalue weighted by Crippen LogP contribution is 2.41. The van der Waals surface area contributed by atoms with E-state index < -0.39 is 0 Å². The number of carbonyl (C=O) groups is 2. The molecule has 3 heterocycles. The first kappa shape index (κ1) is 21.2. The molecular formula is C29H31N3O2. The van der Waals surface area contributed by atoms with Crippen LogP contribution < -0.4 is 10.2 Å². The minimum atomic E-state index is -0.0726. The highest BCUT2D eigenvalue weighted by atomic mass is 16.2. The summed E-state index contributed by atoms with van der Waals surface area (Å²) in [5.41, 5.74) is 6.08. The van der Waals surface area contributed by atoms with Crippen molar-refractivity contribution < 1.29 is 9.59 Å². The third kappa shape index (κ3) is 3.64. The smallest absolute Gasteiger partial charge is 0.232 e. The summed E-state index contributed by atoms with van der Waals surface area (Å²) in [6.45, 7) is 5.49. The lowest BCUT2D eigenvalue weighted by Gasteiger charge is -2.34. The summed E-state index contributed by atoms with van der Waals surface area (Å²) in [7, 11) is 0. The summed E-state index contributed by atoms with van der Waals surface area (Å²) in [6, 6.07) is 19.1. The van der Waals surface area contributed by atoms with Gasteiger partial charge in [-0.3, -0.25) is 9.59 Å². The zero-order valence-electron chi connectivity index (χ0n) is 19.7. The number of nitrogens with one attached hydrogen (secondary N) is 1. The topological polar surface area (TPSA) is 52.7 Å². The Kier molecular flexibility index (Phi) is 5.28. The molecule has 174 valence electrons. The van der Waals surface area contributed by atoms with Gasteiger partial charge >= 0.3 is 0 Å². The summed E-state index contributed by atoms with van der Waals surface area (Å²) >= 11 is 0. The van der Waals surface area contributed by atoms with Gasteiger partial charge in [-0.25, -0.2) is 0 Å². The van der Waals surface area contributed by atoms with Crippen molar-refractivity contribution in [1.82, 2.24) is 4.90 Å². The summed E-state index contributed by atoms with van der Waals surface area (Å²) < 4.78 is 0. The molecule has 0 radical (unpaired) electrons. The summed E-state index contributed by atoms with van der Waals surface area (Å²) in [5.74, 6) is 0.597. The van der Waals surface area contributed by atoms with Crippen molar-refractivity contribution >= 4 is 34.0 Å². The van der Waals surface area contributed by atoms with Crippen LogP contribution in [0.15, 0.2) is 54.6 Å². The third-order valence-corrected chi connectivity index (χ3v) is 7.90. The minimum Gasteiger partial charge on any atom is -0.367 e. The largest absolute Gasteiger partial charge is 0.367 e. The maximum Gasteiger partial charge on any atom is 0.232 e. The van der Waals surface area contributed by atoms with Crippen LogP contribution in [0.3, 0.4) is 0 Å². The monoisotopic (exact) mass is 453 g/mol. The number of nitrogens with zero attached hydrogens (tertiary/aromatic N) is 2. The maximum atomic E-state index is 12.9. The predicted molar refractivity (Wildman–Crippen MR) is 136 cm³/mol. The van der Waals surface area contributed by atoms with E-state index in [-0.39, 0.29) is 17.7 Å². The van der Waals surface area contributed by atoms with Crippen LogP contribution in [0.1, 0.15) is 48.3 Å². The highest BCUT2D eigenvalue weighted by molar-refractivity contribution is 6.03. The zero-order chi connectivity index (χ0) is 23.2. The molecule has 0 spiro atoms. The van der Waals surface area contributed by atoms with E-state index in [1.807, 2.05) is 23.1 Å². The van der Waals surface area contributed by atoms with Crippen LogP contribution in [-0.4, -0.2) is 36.3 Å². The average molecular weight is 454 g/mol. The van der Waals surface area contributed by atoms with Crippen molar-refractivity contribution in [2.45, 2.75) is 45.1 Å². The average Bonchev–Trinajstić information content (AvgIpc) is 3.36. The molecule has 3 aliphatic rings. The zero-order valence-corrected chi connectivity index (χ0v) is 19.7. The van der Waals surface area contributed by atoms with Crippen molar-refractivity contribution in [2.24, 2.45) is 5.92 Å². The van der Waals surface area contributed by atoms with Gasteiger partial charge in [-0.1, -0.05) is 48.0 Å². The summed E-state index contributed by atoms with van der Waals surface area (Å²) in [4.78, 5) is 30.0. The van der Waals surface area contributed by atoms with Crippen molar-refractivity contribution in [3.8, 4) is 0 Å². The van der Waals surface area contributed by atoms with Gasteiger partial charge in [-0.2, -0.15) is 0 Å². The van der Waals surface area contributed by atoms with Crippen LogP contribution in [0.25, 0.3) is 10.8 Å². The molecule has 6 rings (SSSR count). The number of rotatable bonds is 5. The highest BCUT2D eigenvalue weighted by Gasteiger charge is 2.38. The van der Waals surface area contributed by atoms with Crippen LogP contribution in [0.4, 0.5) is 11.4 Å². The summed E-state index contributed by atoms with van der Waals surface area (Å²) in [5, 5.41) is 5.71. The number of anilines is 2. The molecule has 1 atom stereocenters. The van der Waals surface area contributed by atoms with Crippen LogP contribution in [-0.2, 0) is 16.1 Å². The molecule has 5 nitrogen and oxygen atoms in total. The van der Waals surface area contributed by atoms with Crippen LogP contribution in [0.5, 0.6) is 0 Å². The van der Waals surface area contributed by atoms with E-state index in [1.165, 1.54) is 27.6 Å². The van der Waals surface area contributed by atoms with Gasteiger partial charge < -0.3 is 15.1 Å². The third-order valence-electron chi connectivity index (χ3n) is 7.90. The first-order valence-electron chi connectivity index (χ1n) is 12.5. The van der Waals surface area contributed by atoms with Gasteiger partial charge in [0.2, 0.25) is 11.8 Å². The number of aryl methyl sites for hydroxylation is 1. The Morgan fingerprint density at radius 1 is 1.06 bits per heavy atom. The van der Waals surface area contributed by atoms with Gasteiger partial charge in [0.15, 0.2) is 0 Å². The first-order chi connectivity index (χ1) is 16.6. The molecule has 2 amide bonds. The molecule has 34 heavy (non-hydrogen) atoms. The Morgan fingerprint density at radius 2 is 1.88 bits per heavy atom. The number of fused-ring (bicyclic) bond motifs is 1. The lowest BCUT2D eigenvalue weighted by atomic mass is 9.80. The van der Waals surface area contributed by atoms with E-state index in [0.717, 1.165) is 56.7 Å². The second-order valence-corrected chi connectivity index (χ2v) is 10.1. The number of para-hydroxylation sites is 1. The molecule has 1 fully saturated rings. The van der Waals surface area contributed by atoms with E-state index in [2.05, 4.69) is 53.5 Å². The van der Waals surface area contributed by atoms with Crippen LogP contribution in [0, 0.1) is 12.8 Å². The predicted octanol–water partition coefficient (Wildman–Crippen LogP) is 5.22. The molecule has 3 aromatic rings. The number of carbonyl (C=O) groups excluding carboxylic acids is 2. The molecule has 5 heteroatoms. The Hall–Kier alpha value is -3.34. The quantitative estimate of drug-likeness (QED) is 0.576.